The van der Waals surface area contributed by atoms with Gasteiger partial charge in [0, 0.05) is 31.7 Å². The second kappa shape index (κ2) is 11.8. The highest BCUT2D eigenvalue weighted by Gasteiger charge is 2.26. The second-order valence-corrected chi connectivity index (χ2v) is 7.80. The number of rotatable bonds is 6. The van der Waals surface area contributed by atoms with Gasteiger partial charge in [-0.05, 0) is 30.7 Å². The highest BCUT2D eigenvalue weighted by molar-refractivity contribution is 5.85. The van der Waals surface area contributed by atoms with Crippen LogP contribution in [-0.2, 0) is 4.79 Å². The molecule has 0 spiro atoms. The maximum absolute atomic E-state index is 12.5. The summed E-state index contributed by atoms with van der Waals surface area (Å²) in [5.74, 6) is 1.27. The zero-order chi connectivity index (χ0) is 17.7. The van der Waals surface area contributed by atoms with Crippen LogP contribution in [-0.4, -0.2) is 36.5 Å². The van der Waals surface area contributed by atoms with Gasteiger partial charge in [-0.15, -0.1) is 24.8 Å². The quantitative estimate of drug-likeness (QED) is 0.761. The van der Waals surface area contributed by atoms with Crippen LogP contribution in [0.15, 0.2) is 30.3 Å². The number of likely N-dealkylation sites (tertiary alicyclic amines) is 1. The average Bonchev–Trinajstić information content (AvgIpc) is 2.53. The molecule has 0 radical (unpaired) electrons. The van der Waals surface area contributed by atoms with E-state index in [2.05, 4.69) is 31.0 Å². The third-order valence-corrected chi connectivity index (χ3v) is 5.00. The Morgan fingerprint density at radius 1 is 1.15 bits per heavy atom. The molecule has 1 fully saturated rings. The molecule has 1 aliphatic rings. The maximum atomic E-state index is 12.5. The number of carbonyl (C=O) groups excluding carboxylic acids is 1. The molecule has 5 atom stereocenters. The highest BCUT2D eigenvalue weighted by atomic mass is 35.5. The topological polar surface area (TPSA) is 58.4 Å². The van der Waals surface area contributed by atoms with Gasteiger partial charge in [-0.1, -0.05) is 51.1 Å². The van der Waals surface area contributed by atoms with E-state index in [4.69, 9.17) is 5.73 Å². The lowest BCUT2D eigenvalue weighted by atomic mass is 9.91. The first kappa shape index (κ1) is 25.2. The van der Waals surface area contributed by atoms with Gasteiger partial charge in [0.25, 0.3) is 0 Å². The van der Waals surface area contributed by atoms with Crippen LogP contribution in [0.3, 0.4) is 0 Å². The van der Waals surface area contributed by atoms with Crippen molar-refractivity contribution in [3.63, 3.8) is 0 Å². The van der Waals surface area contributed by atoms with Gasteiger partial charge in [-0.3, -0.25) is 4.79 Å². The van der Waals surface area contributed by atoms with Crippen LogP contribution in [0.25, 0.3) is 0 Å². The van der Waals surface area contributed by atoms with Crippen LogP contribution in [0, 0.1) is 17.8 Å². The Hall–Kier alpha value is -0.810. The summed E-state index contributed by atoms with van der Waals surface area (Å²) < 4.78 is 0. The molecule has 2 rings (SSSR count). The van der Waals surface area contributed by atoms with Crippen molar-refractivity contribution in [2.75, 3.05) is 19.6 Å². The van der Waals surface area contributed by atoms with Crippen molar-refractivity contribution in [2.45, 2.75) is 46.2 Å². The molecule has 26 heavy (non-hydrogen) atoms. The lowest BCUT2D eigenvalue weighted by Gasteiger charge is -2.36. The summed E-state index contributed by atoms with van der Waals surface area (Å²) in [4.78, 5) is 15.0. The summed E-state index contributed by atoms with van der Waals surface area (Å²) in [5.41, 5.74) is 7.27. The third kappa shape index (κ3) is 7.43. The molecule has 4 nitrogen and oxygen atoms in total. The number of halogens is 2. The predicted octanol–water partition coefficient (Wildman–Crippen LogP) is 3.65. The minimum atomic E-state index is -0.270. The number of hydrogen-bond donors (Lipinski definition) is 2. The Kier molecular flexibility index (Phi) is 11.4. The Labute approximate surface area is 171 Å². The minimum Gasteiger partial charge on any atom is -0.352 e. The van der Waals surface area contributed by atoms with Gasteiger partial charge < -0.3 is 16.0 Å². The molecular formula is C20H35Cl2N3O. The number of nitrogens with zero attached hydrogens (tertiary/aromatic N) is 1. The van der Waals surface area contributed by atoms with Crippen LogP contribution >= 0.6 is 24.8 Å². The molecule has 1 saturated heterocycles. The zero-order valence-electron chi connectivity index (χ0n) is 16.4. The zero-order valence-corrected chi connectivity index (χ0v) is 18.0. The Balaban J connectivity index is 0.00000312. The van der Waals surface area contributed by atoms with Gasteiger partial charge in [-0.25, -0.2) is 0 Å². The normalized spacial score (nSPS) is 23.7. The van der Waals surface area contributed by atoms with E-state index in [1.165, 1.54) is 6.42 Å². The molecule has 6 heteroatoms. The summed E-state index contributed by atoms with van der Waals surface area (Å²) in [7, 11) is 0. The van der Waals surface area contributed by atoms with E-state index in [0.717, 1.165) is 37.0 Å². The van der Waals surface area contributed by atoms with Crippen molar-refractivity contribution in [1.82, 2.24) is 10.2 Å². The summed E-state index contributed by atoms with van der Waals surface area (Å²) in [5, 5.41) is 3.15. The fourth-order valence-corrected chi connectivity index (χ4v) is 3.88. The molecule has 150 valence electrons. The van der Waals surface area contributed by atoms with Crippen molar-refractivity contribution < 1.29 is 4.79 Å². The van der Waals surface area contributed by atoms with Gasteiger partial charge in [0.15, 0.2) is 0 Å². The monoisotopic (exact) mass is 403 g/mol. The van der Waals surface area contributed by atoms with Gasteiger partial charge in [-0.2, -0.15) is 0 Å². The maximum Gasteiger partial charge on any atom is 0.224 e. The van der Waals surface area contributed by atoms with E-state index in [0.29, 0.717) is 0 Å². The molecule has 1 amide bonds. The number of nitrogens with two attached hydrogens (primary N) is 1. The fraction of sp³-hybridized carbons (Fsp3) is 0.650. The van der Waals surface area contributed by atoms with E-state index in [9.17, 15) is 4.79 Å². The van der Waals surface area contributed by atoms with Gasteiger partial charge in [0.05, 0.1) is 5.92 Å². The molecule has 0 aliphatic carbocycles. The smallest absolute Gasteiger partial charge is 0.224 e. The van der Waals surface area contributed by atoms with Crippen LogP contribution in [0.1, 0.15) is 45.7 Å². The van der Waals surface area contributed by atoms with E-state index in [-0.39, 0.29) is 48.7 Å². The van der Waals surface area contributed by atoms with Crippen molar-refractivity contribution in [2.24, 2.45) is 23.5 Å². The van der Waals surface area contributed by atoms with Crippen molar-refractivity contribution in [3.05, 3.63) is 35.9 Å². The summed E-state index contributed by atoms with van der Waals surface area (Å²) in [6.45, 7) is 11.8. The number of benzene rings is 1. The molecular weight excluding hydrogens is 369 g/mol. The minimum absolute atomic E-state index is 0. The summed E-state index contributed by atoms with van der Waals surface area (Å²) in [6.07, 6.45) is 1.31. The predicted molar refractivity (Wildman–Crippen MR) is 114 cm³/mol. The van der Waals surface area contributed by atoms with Crippen LogP contribution < -0.4 is 11.1 Å². The molecule has 0 bridgehead atoms. The lowest BCUT2D eigenvalue weighted by molar-refractivity contribution is -0.125. The first-order valence-corrected chi connectivity index (χ1v) is 9.20. The van der Waals surface area contributed by atoms with E-state index < -0.39 is 0 Å². The molecule has 0 aromatic heterocycles. The van der Waals surface area contributed by atoms with Crippen molar-refractivity contribution in [3.8, 4) is 0 Å². The van der Waals surface area contributed by atoms with Crippen LogP contribution in [0.2, 0.25) is 0 Å². The first-order chi connectivity index (χ1) is 11.4. The van der Waals surface area contributed by atoms with Gasteiger partial charge in [0.1, 0.15) is 0 Å². The SMILES string of the molecule is CC1CC(C)CN(CC(C)NC(=O)C(C)C(N)c2ccccc2)C1.Cl.Cl. The number of hydrogen-bond acceptors (Lipinski definition) is 3. The fourth-order valence-electron chi connectivity index (χ4n) is 3.88. The number of amides is 1. The van der Waals surface area contributed by atoms with Gasteiger partial charge >= 0.3 is 0 Å². The highest BCUT2D eigenvalue weighted by Crippen LogP contribution is 2.21. The third-order valence-electron chi connectivity index (χ3n) is 5.00. The van der Waals surface area contributed by atoms with Gasteiger partial charge in [0.2, 0.25) is 5.91 Å². The molecule has 0 saturated carbocycles. The number of nitrogens with one attached hydrogen (secondary N) is 1. The largest absolute Gasteiger partial charge is 0.352 e. The Bertz CT molecular complexity index is 519. The molecule has 1 aliphatic heterocycles. The second-order valence-electron chi connectivity index (χ2n) is 7.80. The van der Waals surface area contributed by atoms with E-state index >= 15 is 0 Å². The number of piperidine rings is 1. The molecule has 1 aromatic carbocycles. The Morgan fingerprint density at radius 3 is 2.23 bits per heavy atom. The first-order valence-electron chi connectivity index (χ1n) is 9.20. The molecule has 1 heterocycles. The lowest BCUT2D eigenvalue weighted by Crippen LogP contribution is -2.48. The summed E-state index contributed by atoms with van der Waals surface area (Å²) in [6, 6.07) is 9.71. The van der Waals surface area contributed by atoms with Crippen LogP contribution in [0.4, 0.5) is 0 Å². The van der Waals surface area contributed by atoms with E-state index in [1.807, 2.05) is 37.3 Å². The molecule has 5 unspecified atom stereocenters. The van der Waals surface area contributed by atoms with E-state index in [1.54, 1.807) is 0 Å². The molecule has 3 N–H and O–H groups in total. The average molecular weight is 404 g/mol. The Morgan fingerprint density at radius 2 is 1.69 bits per heavy atom. The number of carbonyl (C=O) groups is 1. The van der Waals surface area contributed by atoms with Crippen LogP contribution in [0.5, 0.6) is 0 Å². The standard InChI is InChI=1S/C20H33N3O.2ClH/c1-14-10-15(2)12-23(11-14)13-16(3)22-20(24)17(4)19(21)18-8-6-5-7-9-18;;/h5-9,14-17,19H,10-13,21H2,1-4H3,(H,22,24);2*1H. The van der Waals surface area contributed by atoms with Crippen molar-refractivity contribution in [1.29, 1.82) is 0 Å². The van der Waals surface area contributed by atoms with Crippen molar-refractivity contribution >= 4 is 30.7 Å². The molecule has 1 aromatic rings. The summed E-state index contributed by atoms with van der Waals surface area (Å²) >= 11 is 0.